The summed E-state index contributed by atoms with van der Waals surface area (Å²) in [5.41, 5.74) is 5.41. The maximum atomic E-state index is 12.6. The Labute approximate surface area is 135 Å². The molecule has 1 heterocycles. The summed E-state index contributed by atoms with van der Waals surface area (Å²) < 4.78 is 1.12. The Hall–Kier alpha value is -0.530. The minimum Gasteiger partial charge on any atom is -0.329 e. The van der Waals surface area contributed by atoms with Gasteiger partial charge in [0.05, 0.1) is 11.6 Å². The second-order valence-electron chi connectivity index (χ2n) is 5.45. The number of hydrogen-bond acceptors (Lipinski definition) is 4. The number of anilines is 1. The minimum atomic E-state index is -0.472. The zero-order chi connectivity index (χ0) is 14.8. The summed E-state index contributed by atoms with van der Waals surface area (Å²) in [6, 6.07) is 0. The molecule has 2 rings (SSSR count). The molecule has 1 amide bonds. The van der Waals surface area contributed by atoms with Crippen LogP contribution in [0.15, 0.2) is 15.4 Å². The molecule has 0 spiro atoms. The largest absolute Gasteiger partial charge is 0.329 e. The van der Waals surface area contributed by atoms with Gasteiger partial charge >= 0.3 is 0 Å². The highest BCUT2D eigenvalue weighted by Crippen LogP contribution is 2.39. The Kier molecular flexibility index (Phi) is 5.14. The monoisotopic (exact) mass is 404 g/mol. The minimum absolute atomic E-state index is 0.0516. The van der Waals surface area contributed by atoms with Crippen molar-refractivity contribution in [2.75, 3.05) is 11.9 Å². The highest BCUT2D eigenvalue weighted by molar-refractivity contribution is 9.11. The van der Waals surface area contributed by atoms with E-state index in [-0.39, 0.29) is 5.91 Å². The summed E-state index contributed by atoms with van der Waals surface area (Å²) in [5.74, 6) is 1.05. The predicted molar refractivity (Wildman–Crippen MR) is 85.2 cm³/mol. The summed E-state index contributed by atoms with van der Waals surface area (Å²) in [4.78, 5) is 20.9. The van der Waals surface area contributed by atoms with Crippen molar-refractivity contribution < 1.29 is 4.79 Å². The first-order valence-electron chi connectivity index (χ1n) is 6.66. The lowest BCUT2D eigenvalue weighted by Gasteiger charge is -2.36. The number of halogens is 2. The molecular weight excluding hydrogens is 388 g/mol. The van der Waals surface area contributed by atoms with E-state index in [4.69, 9.17) is 5.73 Å². The van der Waals surface area contributed by atoms with Crippen LogP contribution in [0.4, 0.5) is 5.82 Å². The van der Waals surface area contributed by atoms with Crippen molar-refractivity contribution in [2.45, 2.75) is 32.6 Å². The van der Waals surface area contributed by atoms with Gasteiger partial charge in [0.15, 0.2) is 5.82 Å². The van der Waals surface area contributed by atoms with Gasteiger partial charge in [0.25, 0.3) is 0 Å². The number of nitrogens with one attached hydrogen (secondary N) is 1. The molecule has 20 heavy (non-hydrogen) atoms. The third-order valence-electron chi connectivity index (χ3n) is 4.04. The molecule has 0 aliphatic heterocycles. The van der Waals surface area contributed by atoms with Crippen LogP contribution in [0.2, 0.25) is 0 Å². The molecule has 3 N–H and O–H groups in total. The summed E-state index contributed by atoms with van der Waals surface area (Å²) in [6.07, 6.45) is 5.30. The zero-order valence-corrected chi connectivity index (χ0v) is 14.5. The van der Waals surface area contributed by atoms with E-state index in [1.165, 1.54) is 0 Å². The van der Waals surface area contributed by atoms with Crippen LogP contribution in [0.25, 0.3) is 0 Å². The summed E-state index contributed by atoms with van der Waals surface area (Å²) in [6.45, 7) is 2.59. The van der Waals surface area contributed by atoms with E-state index >= 15 is 0 Å². The zero-order valence-electron chi connectivity index (χ0n) is 11.3. The van der Waals surface area contributed by atoms with Gasteiger partial charge in [-0.3, -0.25) is 4.79 Å². The van der Waals surface area contributed by atoms with Gasteiger partial charge in [0.2, 0.25) is 5.91 Å². The Bertz CT molecular complexity index is 501. The SMILES string of the molecule is CC1CCC(CN)(C(=O)Nc2ncc(Br)nc2Br)CC1. The molecule has 1 fully saturated rings. The lowest BCUT2D eigenvalue weighted by atomic mass is 9.70. The van der Waals surface area contributed by atoms with Crippen molar-refractivity contribution in [3.05, 3.63) is 15.4 Å². The first kappa shape index (κ1) is 15.9. The van der Waals surface area contributed by atoms with Crippen LogP contribution in [-0.2, 0) is 4.79 Å². The number of carbonyl (C=O) groups is 1. The van der Waals surface area contributed by atoms with Crippen molar-refractivity contribution in [1.29, 1.82) is 0 Å². The van der Waals surface area contributed by atoms with Crippen LogP contribution in [0.3, 0.4) is 0 Å². The predicted octanol–water partition coefficient (Wildman–Crippen LogP) is 3.10. The molecule has 0 aromatic carbocycles. The molecule has 1 aromatic rings. The molecule has 0 atom stereocenters. The molecule has 0 unspecified atom stereocenters. The van der Waals surface area contributed by atoms with Crippen molar-refractivity contribution >= 4 is 43.6 Å². The lowest BCUT2D eigenvalue weighted by molar-refractivity contribution is -0.127. The number of amides is 1. The second kappa shape index (κ2) is 6.49. The normalized spacial score (nSPS) is 26.3. The molecule has 110 valence electrons. The summed E-state index contributed by atoms with van der Waals surface area (Å²) >= 11 is 6.53. The second-order valence-corrected chi connectivity index (χ2v) is 7.02. The first-order chi connectivity index (χ1) is 9.47. The van der Waals surface area contributed by atoms with Gasteiger partial charge in [0.1, 0.15) is 9.21 Å². The van der Waals surface area contributed by atoms with Crippen molar-refractivity contribution in [3.8, 4) is 0 Å². The van der Waals surface area contributed by atoms with Gasteiger partial charge in [-0.05, 0) is 63.5 Å². The van der Waals surface area contributed by atoms with Crippen LogP contribution in [-0.4, -0.2) is 22.4 Å². The fourth-order valence-corrected chi connectivity index (χ4v) is 3.42. The number of nitrogens with two attached hydrogens (primary N) is 1. The molecule has 1 aromatic heterocycles. The van der Waals surface area contributed by atoms with Gasteiger partial charge < -0.3 is 11.1 Å². The highest BCUT2D eigenvalue weighted by atomic mass is 79.9. The lowest BCUT2D eigenvalue weighted by Crippen LogP contribution is -2.45. The Morgan fingerprint density at radius 1 is 1.50 bits per heavy atom. The first-order valence-corrected chi connectivity index (χ1v) is 8.25. The smallest absolute Gasteiger partial charge is 0.233 e. The fraction of sp³-hybridized carbons (Fsp3) is 0.615. The third kappa shape index (κ3) is 3.38. The van der Waals surface area contributed by atoms with E-state index in [1.807, 2.05) is 0 Å². The quantitative estimate of drug-likeness (QED) is 0.809. The van der Waals surface area contributed by atoms with E-state index in [0.717, 1.165) is 25.7 Å². The maximum absolute atomic E-state index is 12.6. The Morgan fingerprint density at radius 3 is 2.70 bits per heavy atom. The van der Waals surface area contributed by atoms with Gasteiger partial charge in [-0.1, -0.05) is 6.92 Å². The molecule has 1 aliphatic rings. The van der Waals surface area contributed by atoms with Gasteiger partial charge in [-0.2, -0.15) is 0 Å². The molecule has 5 nitrogen and oxygen atoms in total. The van der Waals surface area contributed by atoms with Crippen LogP contribution in [0, 0.1) is 11.3 Å². The fourth-order valence-electron chi connectivity index (χ4n) is 2.51. The molecule has 1 saturated carbocycles. The van der Waals surface area contributed by atoms with Crippen molar-refractivity contribution in [1.82, 2.24) is 9.97 Å². The molecule has 7 heteroatoms. The van der Waals surface area contributed by atoms with Crippen LogP contribution >= 0.6 is 31.9 Å². The average Bonchev–Trinajstić information content (AvgIpc) is 2.43. The summed E-state index contributed by atoms with van der Waals surface area (Å²) in [5, 5.41) is 2.85. The van der Waals surface area contributed by atoms with Crippen LogP contribution < -0.4 is 11.1 Å². The number of nitrogens with zero attached hydrogens (tertiary/aromatic N) is 2. The van der Waals surface area contributed by atoms with E-state index in [2.05, 4.69) is 54.1 Å². The number of rotatable bonds is 3. The maximum Gasteiger partial charge on any atom is 0.233 e. The van der Waals surface area contributed by atoms with E-state index in [1.54, 1.807) is 6.20 Å². The van der Waals surface area contributed by atoms with Crippen molar-refractivity contribution in [2.24, 2.45) is 17.1 Å². The van der Waals surface area contributed by atoms with E-state index in [9.17, 15) is 4.79 Å². The molecule has 0 radical (unpaired) electrons. The van der Waals surface area contributed by atoms with E-state index < -0.39 is 5.41 Å². The molecule has 0 bridgehead atoms. The van der Waals surface area contributed by atoms with Crippen molar-refractivity contribution in [3.63, 3.8) is 0 Å². The molecular formula is C13H18Br2N4O. The molecule has 1 aliphatic carbocycles. The Morgan fingerprint density at radius 2 is 2.15 bits per heavy atom. The average molecular weight is 406 g/mol. The standard InChI is InChI=1S/C13H18Br2N4O/c1-8-2-4-13(7-16,5-3-8)12(20)19-11-10(15)18-9(14)6-17-11/h6,8H,2-5,7,16H2,1H3,(H,17,19,20). The van der Waals surface area contributed by atoms with E-state index in [0.29, 0.717) is 27.5 Å². The Balaban J connectivity index is 2.13. The number of carbonyl (C=O) groups excluding carboxylic acids is 1. The topological polar surface area (TPSA) is 80.9 Å². The van der Waals surface area contributed by atoms with Gasteiger partial charge in [-0.25, -0.2) is 9.97 Å². The van der Waals surface area contributed by atoms with Crippen LogP contribution in [0.5, 0.6) is 0 Å². The number of aromatic nitrogens is 2. The highest BCUT2D eigenvalue weighted by Gasteiger charge is 2.40. The van der Waals surface area contributed by atoms with Crippen LogP contribution in [0.1, 0.15) is 32.6 Å². The summed E-state index contributed by atoms with van der Waals surface area (Å²) in [7, 11) is 0. The van der Waals surface area contributed by atoms with Gasteiger partial charge in [0, 0.05) is 6.54 Å². The third-order valence-corrected chi connectivity index (χ3v) is 4.97. The number of hydrogen-bond donors (Lipinski definition) is 2. The van der Waals surface area contributed by atoms with Gasteiger partial charge in [-0.15, -0.1) is 0 Å². The molecule has 0 saturated heterocycles.